The van der Waals surface area contributed by atoms with Gasteiger partial charge in [0.2, 0.25) is 11.8 Å². The Morgan fingerprint density at radius 2 is 1.52 bits per heavy atom. The molecule has 1 saturated heterocycles. The smallest absolute Gasteiger partial charge is 0.264 e. The lowest BCUT2D eigenvalue weighted by molar-refractivity contribution is -0.151. The highest BCUT2D eigenvalue weighted by Crippen LogP contribution is 2.60. The topological polar surface area (TPSA) is 111 Å². The van der Waals surface area contributed by atoms with Crippen LogP contribution in [0.5, 0.6) is 0 Å². The minimum atomic E-state index is -2.99. The summed E-state index contributed by atoms with van der Waals surface area (Å²) >= 11 is 0. The molecule has 4 aromatic carbocycles. The second-order valence-corrected chi connectivity index (χ2v) is 19.3. The van der Waals surface area contributed by atoms with Gasteiger partial charge < -0.3 is 24.4 Å². The minimum Gasteiger partial charge on any atom is -0.432 e. The predicted molar refractivity (Wildman–Crippen MR) is 201 cm³/mol. The Hall–Kier alpha value is -4.61. The summed E-state index contributed by atoms with van der Waals surface area (Å²) in [5.74, 6) is -0.710. The third-order valence-electron chi connectivity index (χ3n) is 11.8. The van der Waals surface area contributed by atoms with Crippen LogP contribution in [0.4, 0.5) is 17.1 Å². The van der Waals surface area contributed by atoms with Gasteiger partial charge in [0.1, 0.15) is 0 Å². The molecule has 0 unspecified atom stereocenters. The molecule has 0 aromatic heterocycles. The van der Waals surface area contributed by atoms with Crippen molar-refractivity contribution in [2.24, 2.45) is 5.92 Å². The van der Waals surface area contributed by atoms with Gasteiger partial charge in [0, 0.05) is 35.7 Å². The summed E-state index contributed by atoms with van der Waals surface area (Å²) in [6.45, 7) is 6.23. The molecule has 52 heavy (non-hydrogen) atoms. The van der Waals surface area contributed by atoms with E-state index in [0.29, 0.717) is 19.4 Å². The lowest BCUT2D eigenvalue weighted by Crippen LogP contribution is -2.48. The van der Waals surface area contributed by atoms with E-state index in [9.17, 15) is 24.3 Å². The Morgan fingerprint density at radius 1 is 0.865 bits per heavy atom. The lowest BCUT2D eigenvalue weighted by Gasteiger charge is -2.37. The summed E-state index contributed by atoms with van der Waals surface area (Å²) in [5, 5.41) is 10.3. The summed E-state index contributed by atoms with van der Waals surface area (Å²) in [5.41, 5.74) is 5.64. The second kappa shape index (κ2) is 13.1. The Balaban J connectivity index is 1.08. The molecule has 0 aliphatic carbocycles. The average molecular weight is 716 g/mol. The van der Waals surface area contributed by atoms with Crippen LogP contribution in [0.3, 0.4) is 0 Å². The molecular weight excluding hydrogens is 671 g/mol. The van der Waals surface area contributed by atoms with Crippen molar-refractivity contribution < 1.29 is 29.0 Å². The Morgan fingerprint density at radius 3 is 2.23 bits per heavy atom. The molecule has 0 radical (unpaired) electrons. The van der Waals surface area contributed by atoms with E-state index in [-0.39, 0.29) is 43.3 Å². The molecule has 10 heteroatoms. The zero-order valence-corrected chi connectivity index (χ0v) is 30.9. The van der Waals surface area contributed by atoms with Gasteiger partial charge in [-0.05, 0) is 72.5 Å². The van der Waals surface area contributed by atoms with Crippen molar-refractivity contribution >= 4 is 43.1 Å². The minimum absolute atomic E-state index is 0.00166. The molecule has 4 aromatic rings. The number of aryl methyl sites for hydroxylation is 1. The third-order valence-corrected chi connectivity index (χ3v) is 14.3. The summed E-state index contributed by atoms with van der Waals surface area (Å²) in [4.78, 5) is 59.1. The fraction of sp³-hybridized carbons (Fsp3) is 0.357. The molecule has 268 valence electrons. The van der Waals surface area contributed by atoms with Gasteiger partial charge in [-0.2, -0.15) is 0 Å². The van der Waals surface area contributed by atoms with Crippen LogP contribution < -0.4 is 9.80 Å². The molecule has 4 aliphatic rings. The van der Waals surface area contributed by atoms with Crippen LogP contribution in [0.15, 0.2) is 97.1 Å². The number of carbonyl (C=O) groups excluding carboxylic acids is 3. The average Bonchev–Trinajstić information content (AvgIpc) is 3.57. The molecule has 8 rings (SSSR count). The lowest BCUT2D eigenvalue weighted by atomic mass is 9.82. The van der Waals surface area contributed by atoms with Crippen molar-refractivity contribution in [3.8, 4) is 0 Å². The first kappa shape index (κ1) is 34.5. The Bertz CT molecular complexity index is 2050. The number of hydrogen-bond acceptors (Lipinski definition) is 6. The molecule has 4 heterocycles. The van der Waals surface area contributed by atoms with E-state index in [2.05, 4.69) is 6.07 Å². The maximum atomic E-state index is 14.9. The van der Waals surface area contributed by atoms with Crippen molar-refractivity contribution in [2.75, 3.05) is 16.4 Å². The van der Waals surface area contributed by atoms with Crippen LogP contribution >= 0.6 is 0 Å². The fourth-order valence-electron chi connectivity index (χ4n) is 9.36. The SMILES string of the molecule is C[C@@H]1[C@@H]([Si](C)(C)O)[C@H](CC(=O)N2Cc3ccccc3C[C@H]2CO)O[C@@]12C(=O)N(Cc1ccc(N3C(=O)CCc4ccccc43)cc1)c1ccccc12. The van der Waals surface area contributed by atoms with Gasteiger partial charge in [-0.1, -0.05) is 79.7 Å². The zero-order chi connectivity index (χ0) is 36.4. The molecular formula is C42H45N3O6Si. The Labute approximate surface area is 305 Å². The highest BCUT2D eigenvalue weighted by atomic mass is 28.4. The fourth-order valence-corrected chi connectivity index (χ4v) is 11.9. The van der Waals surface area contributed by atoms with Crippen molar-refractivity contribution in [3.63, 3.8) is 0 Å². The van der Waals surface area contributed by atoms with Gasteiger partial charge in [0.15, 0.2) is 13.9 Å². The zero-order valence-electron chi connectivity index (χ0n) is 29.9. The number of anilines is 3. The predicted octanol–water partition coefficient (Wildman–Crippen LogP) is 5.98. The first-order valence-corrected chi connectivity index (χ1v) is 21.3. The van der Waals surface area contributed by atoms with Crippen LogP contribution in [0, 0.1) is 5.92 Å². The molecule has 2 N–H and O–H groups in total. The number of nitrogens with zero attached hydrogens (tertiary/aromatic N) is 3. The standard InChI is InChI=1S/C42H45N3O6Si/c1-27-40(52(2,3)50)37(23-39(48)43-25-31-12-5-4-11-30(31)22-33(43)26-46)51-42(27)34-13-7-9-15-36(34)44(41(42)49)24-28-16-19-32(20-17-28)45-35-14-8-6-10-29(35)18-21-38(45)47/h4-17,19-20,27,33,37,40,46,50H,18,21-26H2,1-3H3/t27-,33+,37+,40-,42+/m1/s1. The maximum Gasteiger partial charge on any atom is 0.264 e. The number of rotatable bonds is 7. The van der Waals surface area contributed by atoms with Crippen LogP contribution in [0.1, 0.15) is 47.6 Å². The quantitative estimate of drug-likeness (QED) is 0.228. The number of hydrogen-bond donors (Lipinski definition) is 2. The molecule has 0 bridgehead atoms. The summed E-state index contributed by atoms with van der Waals surface area (Å²) in [6, 6.07) is 31.1. The number of carbonyl (C=O) groups is 3. The van der Waals surface area contributed by atoms with E-state index in [1.807, 2.05) is 111 Å². The van der Waals surface area contributed by atoms with E-state index >= 15 is 0 Å². The second-order valence-electron chi connectivity index (χ2n) is 15.3. The monoisotopic (exact) mass is 715 g/mol. The largest absolute Gasteiger partial charge is 0.432 e. The maximum absolute atomic E-state index is 14.9. The molecule has 3 amide bonds. The van der Waals surface area contributed by atoms with E-state index in [1.165, 1.54) is 0 Å². The molecule has 9 nitrogen and oxygen atoms in total. The van der Waals surface area contributed by atoms with Crippen molar-refractivity contribution in [1.82, 2.24) is 4.90 Å². The van der Waals surface area contributed by atoms with Gasteiger partial charge in [-0.25, -0.2) is 0 Å². The molecule has 4 aliphatic heterocycles. The van der Waals surface area contributed by atoms with Gasteiger partial charge >= 0.3 is 0 Å². The van der Waals surface area contributed by atoms with E-state index in [4.69, 9.17) is 4.74 Å². The molecule has 1 fully saturated rings. The van der Waals surface area contributed by atoms with Gasteiger partial charge in [0.05, 0.1) is 43.1 Å². The number of aliphatic hydroxyl groups excluding tert-OH is 1. The first-order chi connectivity index (χ1) is 25.0. The van der Waals surface area contributed by atoms with Crippen molar-refractivity contribution in [1.29, 1.82) is 0 Å². The number of ether oxygens (including phenoxy) is 1. The van der Waals surface area contributed by atoms with Crippen LogP contribution in [0.2, 0.25) is 18.6 Å². The molecule has 0 saturated carbocycles. The highest BCUT2D eigenvalue weighted by molar-refractivity contribution is 6.71. The van der Waals surface area contributed by atoms with E-state index < -0.39 is 31.5 Å². The highest BCUT2D eigenvalue weighted by Gasteiger charge is 2.66. The van der Waals surface area contributed by atoms with Gasteiger partial charge in [0.25, 0.3) is 5.91 Å². The summed E-state index contributed by atoms with van der Waals surface area (Å²) in [7, 11) is -2.99. The van der Waals surface area contributed by atoms with Gasteiger partial charge in [-0.3, -0.25) is 19.3 Å². The summed E-state index contributed by atoms with van der Waals surface area (Å²) < 4.78 is 6.94. The van der Waals surface area contributed by atoms with Crippen molar-refractivity contribution in [2.45, 2.75) is 82.1 Å². The summed E-state index contributed by atoms with van der Waals surface area (Å²) in [6.07, 6.45) is 1.06. The first-order valence-electron chi connectivity index (χ1n) is 18.3. The van der Waals surface area contributed by atoms with Crippen molar-refractivity contribution in [3.05, 3.63) is 125 Å². The third kappa shape index (κ3) is 5.60. The Kier molecular flexibility index (Phi) is 8.69. The number of fused-ring (bicyclic) bond motifs is 4. The van der Waals surface area contributed by atoms with Crippen LogP contribution in [0.25, 0.3) is 0 Å². The molecule has 1 spiro atoms. The van der Waals surface area contributed by atoms with E-state index in [0.717, 1.165) is 51.3 Å². The van der Waals surface area contributed by atoms with Crippen LogP contribution in [-0.4, -0.2) is 59.6 Å². The number of aliphatic hydroxyl groups is 1. The number of para-hydroxylation sites is 2. The van der Waals surface area contributed by atoms with Gasteiger partial charge in [-0.15, -0.1) is 0 Å². The number of amides is 3. The normalized spacial score (nSPS) is 25.4. The van der Waals surface area contributed by atoms with E-state index in [1.54, 1.807) is 14.7 Å². The number of benzene rings is 4. The van der Waals surface area contributed by atoms with Crippen LogP contribution in [-0.2, 0) is 50.7 Å². The molecule has 5 atom stereocenters.